The topological polar surface area (TPSA) is 66.4 Å². The van der Waals surface area contributed by atoms with Gasteiger partial charge in [-0.1, -0.05) is 6.07 Å². The van der Waals surface area contributed by atoms with Crippen molar-refractivity contribution >= 4 is 29.2 Å². The molecule has 0 spiro atoms. The number of hydrogen-bond acceptors (Lipinski definition) is 2. The van der Waals surface area contributed by atoms with Crippen LogP contribution in [0.25, 0.3) is 0 Å². The molecular formula is C12H14ClNO3. The van der Waals surface area contributed by atoms with E-state index in [0.29, 0.717) is 30.0 Å². The molecule has 1 rings (SSSR count). The summed E-state index contributed by atoms with van der Waals surface area (Å²) in [6.45, 7) is 1.67. The zero-order valence-corrected chi connectivity index (χ0v) is 10.3. The predicted molar refractivity (Wildman–Crippen MR) is 66.7 cm³/mol. The van der Waals surface area contributed by atoms with Gasteiger partial charge in [0.1, 0.15) is 0 Å². The second kappa shape index (κ2) is 6.25. The molecule has 0 aromatic heterocycles. The first-order chi connectivity index (χ1) is 8.06. The van der Waals surface area contributed by atoms with E-state index in [0.717, 1.165) is 0 Å². The first-order valence-electron chi connectivity index (χ1n) is 5.25. The van der Waals surface area contributed by atoms with Crippen molar-refractivity contribution in [3.8, 4) is 0 Å². The van der Waals surface area contributed by atoms with Crippen molar-refractivity contribution in [2.75, 3.05) is 11.2 Å². The highest BCUT2D eigenvalue weighted by molar-refractivity contribution is 6.18. The van der Waals surface area contributed by atoms with E-state index >= 15 is 0 Å². The van der Waals surface area contributed by atoms with Gasteiger partial charge in [0, 0.05) is 18.0 Å². The highest BCUT2D eigenvalue weighted by Gasteiger charge is 2.11. The van der Waals surface area contributed by atoms with Crippen LogP contribution in [0.4, 0.5) is 5.69 Å². The Morgan fingerprint density at radius 2 is 2.12 bits per heavy atom. The molecule has 0 aliphatic heterocycles. The maximum Gasteiger partial charge on any atom is 0.336 e. The maximum atomic E-state index is 11.5. The Hall–Kier alpha value is -1.55. The molecule has 1 aromatic carbocycles. The average molecular weight is 256 g/mol. The number of halogens is 1. The molecule has 0 aliphatic carbocycles. The maximum absolute atomic E-state index is 11.5. The molecular weight excluding hydrogens is 242 g/mol. The number of benzene rings is 1. The van der Waals surface area contributed by atoms with Crippen LogP contribution in [0.15, 0.2) is 18.2 Å². The number of carbonyl (C=O) groups excluding carboxylic acids is 1. The molecule has 0 aliphatic rings. The molecule has 0 atom stereocenters. The quantitative estimate of drug-likeness (QED) is 0.795. The number of carboxylic acids is 1. The fourth-order valence-corrected chi connectivity index (χ4v) is 1.58. The van der Waals surface area contributed by atoms with Gasteiger partial charge in [-0.15, -0.1) is 11.6 Å². The Morgan fingerprint density at radius 3 is 2.71 bits per heavy atom. The third-order valence-electron chi connectivity index (χ3n) is 2.38. The molecule has 5 heteroatoms. The molecule has 0 bridgehead atoms. The minimum absolute atomic E-state index is 0.156. The van der Waals surface area contributed by atoms with E-state index in [4.69, 9.17) is 16.7 Å². The fraction of sp³-hybridized carbons (Fsp3) is 0.333. The third-order valence-corrected chi connectivity index (χ3v) is 2.64. The summed E-state index contributed by atoms with van der Waals surface area (Å²) < 4.78 is 0. The molecule has 0 saturated carbocycles. The predicted octanol–water partition coefficient (Wildman–Crippen LogP) is 2.65. The lowest BCUT2D eigenvalue weighted by Crippen LogP contribution is -2.13. The van der Waals surface area contributed by atoms with Gasteiger partial charge in [-0.05, 0) is 31.0 Å². The lowest BCUT2D eigenvalue weighted by atomic mass is 10.1. The summed E-state index contributed by atoms with van der Waals surface area (Å²) in [7, 11) is 0. The van der Waals surface area contributed by atoms with Crippen molar-refractivity contribution in [3.63, 3.8) is 0 Å². The second-order valence-electron chi connectivity index (χ2n) is 3.62. The Bertz CT molecular complexity index is 432. The zero-order chi connectivity index (χ0) is 12.8. The van der Waals surface area contributed by atoms with Gasteiger partial charge in [-0.3, -0.25) is 4.79 Å². The Kier molecular flexibility index (Phi) is 4.97. The number of carboxylic acid groups (broad SMARTS) is 1. The number of carbonyl (C=O) groups is 2. The molecule has 0 heterocycles. The van der Waals surface area contributed by atoms with Crippen molar-refractivity contribution in [1.29, 1.82) is 0 Å². The number of hydrogen-bond donors (Lipinski definition) is 2. The highest BCUT2D eigenvalue weighted by Crippen LogP contribution is 2.19. The van der Waals surface area contributed by atoms with E-state index < -0.39 is 5.97 Å². The Labute approximate surface area is 105 Å². The van der Waals surface area contributed by atoms with Gasteiger partial charge in [0.15, 0.2) is 0 Å². The number of nitrogens with one attached hydrogen (secondary N) is 1. The monoisotopic (exact) mass is 255 g/mol. The molecule has 0 unspecified atom stereocenters. The second-order valence-corrected chi connectivity index (χ2v) is 4.00. The van der Waals surface area contributed by atoms with Crippen molar-refractivity contribution in [2.45, 2.75) is 19.8 Å². The van der Waals surface area contributed by atoms with Crippen LogP contribution in [-0.2, 0) is 4.79 Å². The van der Waals surface area contributed by atoms with Gasteiger partial charge >= 0.3 is 5.97 Å². The Balaban J connectivity index is 2.81. The fourth-order valence-electron chi connectivity index (χ4n) is 1.44. The highest BCUT2D eigenvalue weighted by atomic mass is 35.5. The van der Waals surface area contributed by atoms with Crippen LogP contribution in [0.5, 0.6) is 0 Å². The summed E-state index contributed by atoms with van der Waals surface area (Å²) in [5.41, 5.74) is 1.28. The summed E-state index contributed by atoms with van der Waals surface area (Å²) in [5.74, 6) is -0.725. The SMILES string of the molecule is Cc1c(NC(=O)CCCCl)cccc1C(=O)O. The summed E-state index contributed by atoms with van der Waals surface area (Å²) >= 11 is 5.49. The van der Waals surface area contributed by atoms with Crippen molar-refractivity contribution in [1.82, 2.24) is 0 Å². The zero-order valence-electron chi connectivity index (χ0n) is 9.50. The molecule has 0 saturated heterocycles. The van der Waals surface area contributed by atoms with Crippen LogP contribution < -0.4 is 5.32 Å². The van der Waals surface area contributed by atoms with Crippen LogP contribution >= 0.6 is 11.6 Å². The van der Waals surface area contributed by atoms with Gasteiger partial charge < -0.3 is 10.4 Å². The molecule has 0 radical (unpaired) electrons. The molecule has 0 fully saturated rings. The minimum Gasteiger partial charge on any atom is -0.478 e. The standard InChI is InChI=1S/C12H14ClNO3/c1-8-9(12(16)17)4-2-5-10(8)14-11(15)6-3-7-13/h2,4-5H,3,6-7H2,1H3,(H,14,15)(H,16,17). The molecule has 4 nitrogen and oxygen atoms in total. The average Bonchev–Trinajstić information content (AvgIpc) is 2.28. The van der Waals surface area contributed by atoms with Gasteiger partial charge in [-0.25, -0.2) is 4.79 Å². The normalized spacial score (nSPS) is 10.0. The number of rotatable bonds is 5. The number of amides is 1. The summed E-state index contributed by atoms with van der Waals surface area (Å²) in [6, 6.07) is 4.79. The minimum atomic E-state index is -1.00. The smallest absolute Gasteiger partial charge is 0.336 e. The van der Waals surface area contributed by atoms with Crippen LogP contribution in [0.1, 0.15) is 28.8 Å². The summed E-state index contributed by atoms with van der Waals surface area (Å²) in [6.07, 6.45) is 0.936. The Morgan fingerprint density at radius 1 is 1.41 bits per heavy atom. The molecule has 17 heavy (non-hydrogen) atoms. The van der Waals surface area contributed by atoms with E-state index in [-0.39, 0.29) is 11.5 Å². The molecule has 1 amide bonds. The van der Waals surface area contributed by atoms with E-state index in [1.54, 1.807) is 19.1 Å². The summed E-state index contributed by atoms with van der Waals surface area (Å²) in [5, 5.41) is 11.6. The lowest BCUT2D eigenvalue weighted by molar-refractivity contribution is -0.116. The lowest BCUT2D eigenvalue weighted by Gasteiger charge is -2.09. The molecule has 2 N–H and O–H groups in total. The first-order valence-corrected chi connectivity index (χ1v) is 5.78. The third kappa shape index (κ3) is 3.75. The molecule has 1 aromatic rings. The van der Waals surface area contributed by atoms with E-state index in [1.807, 2.05) is 0 Å². The van der Waals surface area contributed by atoms with Crippen molar-refractivity contribution < 1.29 is 14.7 Å². The van der Waals surface area contributed by atoms with E-state index in [1.165, 1.54) is 6.07 Å². The number of alkyl halides is 1. The largest absolute Gasteiger partial charge is 0.478 e. The number of anilines is 1. The van der Waals surface area contributed by atoms with Gasteiger partial charge in [0.25, 0.3) is 0 Å². The van der Waals surface area contributed by atoms with Crippen LogP contribution in [-0.4, -0.2) is 22.9 Å². The van der Waals surface area contributed by atoms with Crippen LogP contribution in [0.3, 0.4) is 0 Å². The van der Waals surface area contributed by atoms with Gasteiger partial charge in [-0.2, -0.15) is 0 Å². The first kappa shape index (κ1) is 13.5. The number of aromatic carboxylic acids is 1. The van der Waals surface area contributed by atoms with Crippen molar-refractivity contribution in [2.24, 2.45) is 0 Å². The van der Waals surface area contributed by atoms with Crippen molar-refractivity contribution in [3.05, 3.63) is 29.3 Å². The summed E-state index contributed by atoms with van der Waals surface area (Å²) in [4.78, 5) is 22.4. The molecule has 92 valence electrons. The van der Waals surface area contributed by atoms with Gasteiger partial charge in [0.05, 0.1) is 5.56 Å². The van der Waals surface area contributed by atoms with E-state index in [9.17, 15) is 9.59 Å². The van der Waals surface area contributed by atoms with Gasteiger partial charge in [0.2, 0.25) is 5.91 Å². The van der Waals surface area contributed by atoms with Crippen LogP contribution in [0.2, 0.25) is 0 Å². The van der Waals surface area contributed by atoms with E-state index in [2.05, 4.69) is 5.32 Å². The van der Waals surface area contributed by atoms with Crippen LogP contribution in [0, 0.1) is 6.92 Å².